The highest BCUT2D eigenvalue weighted by molar-refractivity contribution is 7.89. The molecule has 0 radical (unpaired) electrons. The molecule has 27 heavy (non-hydrogen) atoms. The van der Waals surface area contributed by atoms with Crippen LogP contribution in [0.25, 0.3) is 11.0 Å². The second-order valence-corrected chi connectivity index (χ2v) is 8.72. The van der Waals surface area contributed by atoms with Gasteiger partial charge in [-0.05, 0) is 43.2 Å². The van der Waals surface area contributed by atoms with Crippen molar-refractivity contribution in [3.63, 3.8) is 0 Å². The van der Waals surface area contributed by atoms with Crippen LogP contribution < -0.4 is 0 Å². The van der Waals surface area contributed by atoms with Gasteiger partial charge in [0.1, 0.15) is 10.4 Å². The van der Waals surface area contributed by atoms with Gasteiger partial charge >= 0.3 is 0 Å². The van der Waals surface area contributed by atoms with E-state index in [1.165, 1.54) is 22.5 Å². The molecule has 1 aromatic heterocycles. The van der Waals surface area contributed by atoms with E-state index in [0.29, 0.717) is 24.1 Å². The Bertz CT molecular complexity index is 1120. The van der Waals surface area contributed by atoms with Crippen LogP contribution in [0.4, 0.5) is 0 Å². The van der Waals surface area contributed by atoms with E-state index in [4.69, 9.17) is 11.6 Å². The number of hydrogen-bond donors (Lipinski definition) is 0. The van der Waals surface area contributed by atoms with Crippen molar-refractivity contribution in [2.45, 2.75) is 24.2 Å². The van der Waals surface area contributed by atoms with Crippen LogP contribution in [0, 0.1) is 0 Å². The number of hydrogen-bond acceptors (Lipinski definition) is 5. The summed E-state index contributed by atoms with van der Waals surface area (Å²) in [5.74, 6) is -0.463. The molecular formula is C18H17ClN4O3S. The lowest BCUT2D eigenvalue weighted by molar-refractivity contribution is 0.0948. The number of rotatable bonds is 3. The number of para-hydroxylation sites is 1. The van der Waals surface area contributed by atoms with Gasteiger partial charge < -0.3 is 0 Å². The highest BCUT2D eigenvalue weighted by Crippen LogP contribution is 2.28. The van der Waals surface area contributed by atoms with Gasteiger partial charge in [-0.3, -0.25) is 4.79 Å². The topological polar surface area (TPSA) is 85.2 Å². The maximum Gasteiger partial charge on any atom is 0.280 e. The summed E-state index contributed by atoms with van der Waals surface area (Å²) in [6, 6.07) is 11.3. The van der Waals surface area contributed by atoms with Crippen molar-refractivity contribution in [2.24, 2.45) is 0 Å². The summed E-state index contributed by atoms with van der Waals surface area (Å²) >= 11 is 6.17. The van der Waals surface area contributed by atoms with E-state index in [9.17, 15) is 13.2 Å². The number of halogens is 1. The third kappa shape index (κ3) is 3.24. The van der Waals surface area contributed by atoms with Crippen molar-refractivity contribution in [1.82, 2.24) is 19.3 Å². The zero-order chi connectivity index (χ0) is 19.0. The molecule has 0 unspecified atom stereocenters. The second-order valence-electron chi connectivity index (χ2n) is 6.41. The highest BCUT2D eigenvalue weighted by atomic mass is 35.5. The summed E-state index contributed by atoms with van der Waals surface area (Å²) < 4.78 is 28.5. The summed E-state index contributed by atoms with van der Waals surface area (Å²) in [5.41, 5.74) is 1.32. The van der Waals surface area contributed by atoms with E-state index in [0.717, 1.165) is 23.9 Å². The highest BCUT2D eigenvalue weighted by Gasteiger charge is 2.29. The van der Waals surface area contributed by atoms with E-state index >= 15 is 0 Å². The molecule has 9 heteroatoms. The minimum atomic E-state index is -3.76. The smallest absolute Gasteiger partial charge is 0.267 e. The summed E-state index contributed by atoms with van der Waals surface area (Å²) in [6.45, 7) is 0.926. The lowest BCUT2D eigenvalue weighted by atomic mass is 10.2. The van der Waals surface area contributed by atoms with Gasteiger partial charge in [-0.15, -0.1) is 5.10 Å². The van der Waals surface area contributed by atoms with Crippen LogP contribution in [0.15, 0.2) is 47.4 Å². The van der Waals surface area contributed by atoms with Gasteiger partial charge in [0.15, 0.2) is 0 Å². The molecule has 0 saturated carbocycles. The van der Waals surface area contributed by atoms with Gasteiger partial charge in [0.05, 0.1) is 10.5 Å². The zero-order valence-corrected chi connectivity index (χ0v) is 15.9. The Morgan fingerprint density at radius 1 is 1.04 bits per heavy atom. The molecular weight excluding hydrogens is 388 g/mol. The third-order valence-electron chi connectivity index (χ3n) is 4.66. The number of aromatic nitrogens is 3. The average Bonchev–Trinajstić information content (AvgIpc) is 3.12. The first-order valence-electron chi connectivity index (χ1n) is 8.63. The van der Waals surface area contributed by atoms with E-state index in [1.807, 2.05) is 0 Å². The lowest BCUT2D eigenvalue weighted by Gasteiger charge is -2.26. The zero-order valence-electron chi connectivity index (χ0n) is 14.4. The molecule has 2 heterocycles. The van der Waals surface area contributed by atoms with Gasteiger partial charge in [-0.25, -0.2) is 8.42 Å². The molecule has 7 nitrogen and oxygen atoms in total. The number of benzene rings is 2. The number of carbonyl (C=O) groups excluding carboxylic acids is 1. The molecule has 4 rings (SSSR count). The summed E-state index contributed by atoms with van der Waals surface area (Å²) in [4.78, 5) is 12.8. The number of sulfonamides is 1. The summed E-state index contributed by atoms with van der Waals surface area (Å²) in [6.07, 6.45) is 2.65. The largest absolute Gasteiger partial charge is 0.280 e. The molecule has 0 atom stereocenters. The van der Waals surface area contributed by atoms with Crippen LogP contribution in [0.2, 0.25) is 5.02 Å². The van der Waals surface area contributed by atoms with Crippen LogP contribution in [0.5, 0.6) is 0 Å². The number of piperidine rings is 1. The van der Waals surface area contributed by atoms with Gasteiger partial charge in [0, 0.05) is 18.7 Å². The van der Waals surface area contributed by atoms with Crippen LogP contribution in [-0.2, 0) is 10.0 Å². The fourth-order valence-corrected chi connectivity index (χ4v) is 5.24. The maximum atomic E-state index is 13.0. The minimum absolute atomic E-state index is 0.0543. The van der Waals surface area contributed by atoms with E-state index in [2.05, 4.69) is 10.3 Å². The first kappa shape index (κ1) is 18.1. The van der Waals surface area contributed by atoms with Crippen LogP contribution in [0.1, 0.15) is 29.6 Å². The Morgan fingerprint density at radius 2 is 1.78 bits per heavy atom. The number of nitrogens with zero attached hydrogens (tertiary/aromatic N) is 4. The van der Waals surface area contributed by atoms with Crippen LogP contribution >= 0.6 is 11.6 Å². The Balaban J connectivity index is 1.75. The Kier molecular flexibility index (Phi) is 4.71. The Hall–Kier alpha value is -2.29. The molecule has 3 aromatic rings. The van der Waals surface area contributed by atoms with Crippen molar-refractivity contribution in [3.05, 3.63) is 53.1 Å². The normalized spacial score (nSPS) is 15.9. The number of carbonyl (C=O) groups is 1. The predicted octanol–water partition coefficient (Wildman–Crippen LogP) is 2.95. The van der Waals surface area contributed by atoms with Crippen molar-refractivity contribution in [2.75, 3.05) is 13.1 Å². The standard InChI is InChI=1S/C18H17ClN4O3S/c19-14-9-8-13(12-17(14)27(25,26)22-10-4-1-5-11-22)18(24)23-16-7-3-2-6-15(16)20-21-23/h2-3,6-9,12H,1,4-5,10-11H2. The molecule has 1 fully saturated rings. The molecule has 0 bridgehead atoms. The molecule has 1 aliphatic heterocycles. The predicted molar refractivity (Wildman–Crippen MR) is 101 cm³/mol. The van der Waals surface area contributed by atoms with E-state index in [-0.39, 0.29) is 15.5 Å². The van der Waals surface area contributed by atoms with Crippen LogP contribution in [-0.4, -0.2) is 46.7 Å². The van der Waals surface area contributed by atoms with Gasteiger partial charge in [-0.2, -0.15) is 8.99 Å². The fourth-order valence-electron chi connectivity index (χ4n) is 3.22. The van der Waals surface area contributed by atoms with Crippen LogP contribution in [0.3, 0.4) is 0 Å². The quantitative estimate of drug-likeness (QED) is 0.670. The first-order chi connectivity index (χ1) is 13.0. The number of fused-ring (bicyclic) bond motifs is 1. The molecule has 0 aliphatic carbocycles. The van der Waals surface area contributed by atoms with Gasteiger partial charge in [-0.1, -0.05) is 35.4 Å². The molecule has 140 valence electrons. The Morgan fingerprint density at radius 3 is 2.56 bits per heavy atom. The second kappa shape index (κ2) is 7.03. The van der Waals surface area contributed by atoms with Crippen molar-refractivity contribution < 1.29 is 13.2 Å². The SMILES string of the molecule is O=C(c1ccc(Cl)c(S(=O)(=O)N2CCCCC2)c1)n1nnc2ccccc21. The van der Waals surface area contributed by atoms with E-state index < -0.39 is 15.9 Å². The maximum absolute atomic E-state index is 13.0. The molecule has 1 saturated heterocycles. The molecule has 0 amide bonds. The third-order valence-corrected chi connectivity index (χ3v) is 7.04. The minimum Gasteiger partial charge on any atom is -0.267 e. The summed E-state index contributed by atoms with van der Waals surface area (Å²) in [5, 5.41) is 7.96. The van der Waals surface area contributed by atoms with Crippen molar-refractivity contribution >= 4 is 38.6 Å². The molecule has 0 spiro atoms. The van der Waals surface area contributed by atoms with Gasteiger partial charge in [0.25, 0.3) is 5.91 Å². The van der Waals surface area contributed by atoms with Crippen molar-refractivity contribution in [3.8, 4) is 0 Å². The molecule has 0 N–H and O–H groups in total. The Labute approximate surface area is 161 Å². The first-order valence-corrected chi connectivity index (χ1v) is 10.4. The fraction of sp³-hybridized carbons (Fsp3) is 0.278. The van der Waals surface area contributed by atoms with E-state index in [1.54, 1.807) is 24.3 Å². The lowest BCUT2D eigenvalue weighted by Crippen LogP contribution is -2.35. The molecule has 2 aromatic carbocycles. The summed E-state index contributed by atoms with van der Waals surface area (Å²) in [7, 11) is -3.76. The van der Waals surface area contributed by atoms with Gasteiger partial charge in [0.2, 0.25) is 10.0 Å². The monoisotopic (exact) mass is 404 g/mol. The molecule has 1 aliphatic rings. The average molecular weight is 405 g/mol. The van der Waals surface area contributed by atoms with Crippen molar-refractivity contribution in [1.29, 1.82) is 0 Å².